The first-order valence-electron chi connectivity index (χ1n) is 16.4. The van der Waals surface area contributed by atoms with Crippen LogP contribution in [0.3, 0.4) is 0 Å². The number of thioether (sulfide) groups is 1. The van der Waals surface area contributed by atoms with Gasteiger partial charge < -0.3 is 19.8 Å². The van der Waals surface area contributed by atoms with Crippen molar-refractivity contribution in [2.45, 2.75) is 54.6 Å². The molecule has 1 N–H and O–H groups in total. The lowest BCUT2D eigenvalue weighted by Crippen LogP contribution is -2.55. The molecule has 2 bridgehead atoms. The van der Waals surface area contributed by atoms with Crippen molar-refractivity contribution in [2.75, 3.05) is 36.0 Å². The third-order valence-electron chi connectivity index (χ3n) is 9.89. The molecule has 3 heterocycles. The molecule has 0 saturated carbocycles. The minimum Gasteiger partial charge on any atom is -0.396 e. The number of aliphatic hydroxyl groups excluding tert-OH is 1. The van der Waals surface area contributed by atoms with Crippen LogP contribution in [0, 0.1) is 11.8 Å². The van der Waals surface area contributed by atoms with Crippen molar-refractivity contribution in [1.29, 1.82) is 0 Å². The topological polar surface area (TPSA) is 81.2 Å². The van der Waals surface area contributed by atoms with Gasteiger partial charge in [-0.05, 0) is 60.7 Å². The number of unbranched alkanes of at least 4 members (excludes halogenated alkanes) is 3. The van der Waals surface area contributed by atoms with Crippen LogP contribution in [-0.2, 0) is 14.4 Å². The number of likely N-dealkylation sites (tertiary alicyclic amines) is 1. The highest BCUT2D eigenvalue weighted by atomic mass is 32.2. The number of hydrogen-bond acceptors (Lipinski definition) is 5. The molecule has 3 aromatic carbocycles. The van der Waals surface area contributed by atoms with Crippen molar-refractivity contribution in [1.82, 2.24) is 4.90 Å². The van der Waals surface area contributed by atoms with E-state index in [9.17, 15) is 19.5 Å². The van der Waals surface area contributed by atoms with E-state index in [1.165, 1.54) is 0 Å². The average molecular weight is 638 g/mol. The zero-order valence-electron chi connectivity index (χ0n) is 26.3. The van der Waals surface area contributed by atoms with E-state index in [0.29, 0.717) is 32.5 Å². The van der Waals surface area contributed by atoms with E-state index in [1.54, 1.807) is 38.6 Å². The highest BCUT2D eigenvalue weighted by Gasteiger charge is 2.74. The van der Waals surface area contributed by atoms with E-state index >= 15 is 0 Å². The third-order valence-corrected chi connectivity index (χ3v) is 11.8. The van der Waals surface area contributed by atoms with Crippen LogP contribution in [0.15, 0.2) is 98.1 Å². The van der Waals surface area contributed by atoms with E-state index in [0.717, 1.165) is 47.8 Å². The summed E-state index contributed by atoms with van der Waals surface area (Å²) in [5.41, 5.74) is 1.55. The summed E-state index contributed by atoms with van der Waals surface area (Å²) < 4.78 is -0.683. The zero-order valence-corrected chi connectivity index (χ0v) is 27.1. The summed E-state index contributed by atoms with van der Waals surface area (Å²) in [6.45, 7) is 9.10. The fourth-order valence-electron chi connectivity index (χ4n) is 7.89. The van der Waals surface area contributed by atoms with E-state index in [2.05, 4.69) is 13.2 Å². The monoisotopic (exact) mass is 637 g/mol. The van der Waals surface area contributed by atoms with Gasteiger partial charge in [-0.2, -0.15) is 0 Å². The molecule has 3 amide bonds. The van der Waals surface area contributed by atoms with Crippen molar-refractivity contribution < 1.29 is 19.5 Å². The lowest BCUT2D eigenvalue weighted by Gasteiger charge is -2.37. The number of fused-ring (bicyclic) bond motifs is 2. The molecule has 3 aliphatic heterocycles. The van der Waals surface area contributed by atoms with Crippen LogP contribution in [-0.4, -0.2) is 70.0 Å². The molecular weight excluding hydrogens is 595 g/mol. The summed E-state index contributed by atoms with van der Waals surface area (Å²) in [7, 11) is 0. The molecule has 3 saturated heterocycles. The smallest absolute Gasteiger partial charge is 0.251 e. The molecule has 2 unspecified atom stereocenters. The Morgan fingerprint density at radius 1 is 0.870 bits per heavy atom. The number of amides is 3. The summed E-state index contributed by atoms with van der Waals surface area (Å²) in [4.78, 5) is 49.4. The van der Waals surface area contributed by atoms with E-state index in [1.807, 2.05) is 72.8 Å². The first kappa shape index (κ1) is 32.1. The molecule has 3 fully saturated rings. The van der Waals surface area contributed by atoms with Crippen molar-refractivity contribution in [3.63, 3.8) is 0 Å². The SMILES string of the molecule is C=CCN(C(=O)C1N(CCCCCCO)C(=O)[C@@H]2[C@H](C(=O)N(CC=C)c3ccccc3)[C@@H]3CCC12S3)c1ccc2ccccc2c1. The highest BCUT2D eigenvalue weighted by molar-refractivity contribution is 8.02. The van der Waals surface area contributed by atoms with Gasteiger partial charge in [0.1, 0.15) is 6.04 Å². The molecule has 0 aliphatic carbocycles. The lowest BCUT2D eigenvalue weighted by molar-refractivity contribution is -0.139. The molecule has 46 heavy (non-hydrogen) atoms. The highest BCUT2D eigenvalue weighted by Crippen LogP contribution is 2.67. The fraction of sp³-hybridized carbons (Fsp3) is 0.395. The number of aliphatic hydroxyl groups is 1. The Kier molecular flexibility index (Phi) is 9.66. The normalized spacial score (nSPS) is 24.6. The number of hydrogen-bond donors (Lipinski definition) is 1. The minimum absolute atomic E-state index is 0.0343. The molecule has 7 nitrogen and oxygen atoms in total. The zero-order chi connectivity index (χ0) is 32.3. The number of nitrogens with zero attached hydrogens (tertiary/aromatic N) is 3. The Labute approximate surface area is 275 Å². The van der Waals surface area contributed by atoms with Crippen LogP contribution in [0.1, 0.15) is 38.5 Å². The van der Waals surface area contributed by atoms with E-state index in [-0.39, 0.29) is 29.6 Å². The first-order valence-corrected chi connectivity index (χ1v) is 17.3. The molecule has 6 rings (SSSR count). The van der Waals surface area contributed by atoms with Crippen LogP contribution in [0.4, 0.5) is 11.4 Å². The minimum atomic E-state index is -0.688. The Balaban J connectivity index is 1.38. The molecule has 240 valence electrons. The molecule has 0 radical (unpaired) electrons. The number of anilines is 2. The largest absolute Gasteiger partial charge is 0.396 e. The van der Waals surface area contributed by atoms with Crippen LogP contribution < -0.4 is 9.80 Å². The lowest BCUT2D eigenvalue weighted by atomic mass is 9.70. The van der Waals surface area contributed by atoms with Gasteiger partial charge in [0.25, 0.3) is 5.91 Å². The van der Waals surface area contributed by atoms with Gasteiger partial charge in [0.15, 0.2) is 0 Å². The summed E-state index contributed by atoms with van der Waals surface area (Å²) in [5, 5.41) is 11.4. The molecular formula is C38H43N3O4S. The van der Waals surface area contributed by atoms with Gasteiger partial charge in [0, 0.05) is 42.9 Å². The van der Waals surface area contributed by atoms with Gasteiger partial charge in [0.05, 0.1) is 16.6 Å². The van der Waals surface area contributed by atoms with Crippen molar-refractivity contribution >= 4 is 51.6 Å². The van der Waals surface area contributed by atoms with Gasteiger partial charge in [-0.15, -0.1) is 24.9 Å². The fourth-order valence-corrected chi connectivity index (χ4v) is 10.1. The van der Waals surface area contributed by atoms with Crippen LogP contribution in [0.2, 0.25) is 0 Å². The van der Waals surface area contributed by atoms with Crippen LogP contribution >= 0.6 is 11.8 Å². The van der Waals surface area contributed by atoms with E-state index < -0.39 is 22.6 Å². The Morgan fingerprint density at radius 2 is 1.54 bits per heavy atom. The van der Waals surface area contributed by atoms with Gasteiger partial charge in [-0.3, -0.25) is 14.4 Å². The molecule has 0 aromatic heterocycles. The predicted octanol–water partition coefficient (Wildman–Crippen LogP) is 6.22. The third kappa shape index (κ3) is 5.66. The quantitative estimate of drug-likeness (QED) is 0.168. The maximum Gasteiger partial charge on any atom is 0.251 e. The molecule has 1 spiro atoms. The summed E-state index contributed by atoms with van der Waals surface area (Å²) in [6, 6.07) is 23.0. The Morgan fingerprint density at radius 3 is 2.26 bits per heavy atom. The number of para-hydroxylation sites is 1. The van der Waals surface area contributed by atoms with Crippen LogP contribution in [0.5, 0.6) is 0 Å². The molecule has 5 atom stereocenters. The second-order valence-electron chi connectivity index (χ2n) is 12.6. The second-order valence-corrected chi connectivity index (χ2v) is 14.2. The molecule has 3 aliphatic rings. The second kappa shape index (κ2) is 13.9. The number of carbonyl (C=O) groups is 3. The maximum atomic E-state index is 15.0. The number of rotatable bonds is 14. The first-order chi connectivity index (χ1) is 22.4. The summed E-state index contributed by atoms with van der Waals surface area (Å²) in [6.07, 6.45) is 8.11. The molecule has 8 heteroatoms. The average Bonchev–Trinajstić information content (AvgIpc) is 3.73. The Hall–Kier alpha value is -3.88. The van der Waals surface area contributed by atoms with Gasteiger partial charge in [0.2, 0.25) is 11.8 Å². The van der Waals surface area contributed by atoms with Gasteiger partial charge >= 0.3 is 0 Å². The number of carbonyl (C=O) groups excluding carboxylic acids is 3. The van der Waals surface area contributed by atoms with Crippen molar-refractivity contribution in [2.24, 2.45) is 11.8 Å². The van der Waals surface area contributed by atoms with Crippen molar-refractivity contribution in [3.8, 4) is 0 Å². The van der Waals surface area contributed by atoms with E-state index in [4.69, 9.17) is 0 Å². The maximum absolute atomic E-state index is 15.0. The predicted molar refractivity (Wildman–Crippen MR) is 187 cm³/mol. The van der Waals surface area contributed by atoms with Crippen molar-refractivity contribution in [3.05, 3.63) is 98.1 Å². The Bertz CT molecular complexity index is 1610. The number of benzene rings is 3. The molecule has 3 aromatic rings. The summed E-state index contributed by atoms with van der Waals surface area (Å²) in [5.74, 6) is -1.37. The van der Waals surface area contributed by atoms with Crippen LogP contribution in [0.25, 0.3) is 10.8 Å². The van der Waals surface area contributed by atoms with Gasteiger partial charge in [-0.25, -0.2) is 0 Å². The standard InChI is InChI=1S/C38H43N3O4S/c1-3-22-39(29-16-8-7-9-17-29)35(43)32-31-20-21-38(46-31)33(32)36(44)41(24-12-5-6-13-25-42)34(38)37(45)40(23-4-2)30-19-18-27-14-10-11-15-28(27)26-30/h3-4,7-11,14-19,26,31-34,42H,1-2,5-6,12-13,20-25H2/t31-,32+,33-,34?,38?/m0/s1. The van der Waals surface area contributed by atoms with Gasteiger partial charge in [-0.1, -0.05) is 73.5 Å². The summed E-state index contributed by atoms with van der Waals surface area (Å²) >= 11 is 1.70.